The van der Waals surface area contributed by atoms with Crippen LogP contribution in [0.5, 0.6) is 0 Å². The van der Waals surface area contributed by atoms with Crippen LogP contribution in [0.4, 0.5) is 18.9 Å². The van der Waals surface area contributed by atoms with Crippen molar-refractivity contribution in [3.63, 3.8) is 0 Å². The Labute approximate surface area is 173 Å². The highest BCUT2D eigenvalue weighted by Crippen LogP contribution is 2.34. The Balaban J connectivity index is 2.22. The van der Waals surface area contributed by atoms with E-state index in [0.717, 1.165) is 19.8 Å². The number of hydrogen-bond acceptors (Lipinski definition) is 3. The van der Waals surface area contributed by atoms with E-state index in [0.29, 0.717) is 24.6 Å². The summed E-state index contributed by atoms with van der Waals surface area (Å²) in [5, 5.41) is 11.5. The number of nitrogens with zero attached hydrogens (tertiary/aromatic N) is 1. The van der Waals surface area contributed by atoms with E-state index in [1.807, 2.05) is 6.92 Å². The van der Waals surface area contributed by atoms with Gasteiger partial charge in [-0.25, -0.2) is 0 Å². The minimum absolute atomic E-state index is 0.102. The number of aryl methyl sites for hydroxylation is 1. The third-order valence-corrected chi connectivity index (χ3v) is 5.72. The number of amides is 1. The normalized spacial score (nSPS) is 18.3. The van der Waals surface area contributed by atoms with Crippen molar-refractivity contribution in [1.82, 2.24) is 4.90 Å². The molecule has 29 heavy (non-hydrogen) atoms. The average molecular weight is 435 g/mol. The van der Waals surface area contributed by atoms with Gasteiger partial charge in [-0.3, -0.25) is 14.5 Å². The third-order valence-electron chi connectivity index (χ3n) is 5.39. The highest BCUT2D eigenvalue weighted by Gasteiger charge is 2.47. The van der Waals surface area contributed by atoms with Gasteiger partial charge in [0.25, 0.3) is 0 Å². The zero-order chi connectivity index (χ0) is 21.8. The van der Waals surface area contributed by atoms with E-state index < -0.39 is 30.0 Å². The molecule has 0 bridgehead atoms. The Bertz CT molecular complexity index is 734. The zero-order valence-electron chi connectivity index (χ0n) is 16.4. The van der Waals surface area contributed by atoms with Gasteiger partial charge in [-0.1, -0.05) is 31.5 Å². The molecule has 2 rings (SSSR count). The number of halogens is 4. The van der Waals surface area contributed by atoms with Gasteiger partial charge in [0.2, 0.25) is 5.91 Å². The molecule has 1 amide bonds. The Morgan fingerprint density at radius 2 is 1.93 bits per heavy atom. The van der Waals surface area contributed by atoms with Gasteiger partial charge >= 0.3 is 12.1 Å². The van der Waals surface area contributed by atoms with Crippen LogP contribution >= 0.6 is 11.6 Å². The summed E-state index contributed by atoms with van der Waals surface area (Å²) in [5.74, 6) is -3.16. The summed E-state index contributed by atoms with van der Waals surface area (Å²) < 4.78 is 40.4. The van der Waals surface area contributed by atoms with Gasteiger partial charge in [0.05, 0.1) is 16.6 Å². The first-order valence-electron chi connectivity index (χ1n) is 9.61. The number of nitrogens with one attached hydrogen (secondary N) is 1. The number of carboxylic acid groups (broad SMARTS) is 1. The fraction of sp³-hybridized carbons (Fsp3) is 0.600. The first-order chi connectivity index (χ1) is 13.5. The number of hydrogen-bond donors (Lipinski definition) is 2. The maximum absolute atomic E-state index is 13.5. The molecule has 162 valence electrons. The lowest BCUT2D eigenvalue weighted by Crippen LogP contribution is -2.54. The first-order valence-corrected chi connectivity index (χ1v) is 9.98. The molecule has 0 aromatic heterocycles. The SMILES string of the molecule is CC1CCN([C@H](C(=O)Nc2cc(CCC(=O)O)ccc2Cl)[C@H](C)C(F)(F)F)CC1. The molecule has 0 spiro atoms. The fourth-order valence-electron chi connectivity index (χ4n) is 3.48. The van der Waals surface area contributed by atoms with Gasteiger partial charge in [-0.2, -0.15) is 13.2 Å². The lowest BCUT2D eigenvalue weighted by molar-refractivity contribution is -0.189. The number of aliphatic carboxylic acids is 1. The van der Waals surface area contributed by atoms with E-state index in [1.165, 1.54) is 12.1 Å². The molecule has 0 saturated carbocycles. The molecule has 2 atom stereocenters. The molecule has 1 aromatic carbocycles. The highest BCUT2D eigenvalue weighted by molar-refractivity contribution is 6.33. The third kappa shape index (κ3) is 6.60. The minimum atomic E-state index is -4.52. The van der Waals surface area contributed by atoms with Crippen molar-refractivity contribution in [2.24, 2.45) is 11.8 Å². The van der Waals surface area contributed by atoms with E-state index in [9.17, 15) is 22.8 Å². The fourth-order valence-corrected chi connectivity index (χ4v) is 3.64. The van der Waals surface area contributed by atoms with E-state index in [2.05, 4.69) is 5.32 Å². The highest BCUT2D eigenvalue weighted by atomic mass is 35.5. The summed E-state index contributed by atoms with van der Waals surface area (Å²) in [5.41, 5.74) is 0.809. The minimum Gasteiger partial charge on any atom is -0.481 e. The number of anilines is 1. The lowest BCUT2D eigenvalue weighted by atomic mass is 9.92. The number of alkyl halides is 3. The van der Waals surface area contributed by atoms with Gasteiger partial charge in [-0.15, -0.1) is 0 Å². The summed E-state index contributed by atoms with van der Waals surface area (Å²) in [6.07, 6.45) is -2.92. The number of piperidine rings is 1. The monoisotopic (exact) mass is 434 g/mol. The number of carboxylic acids is 1. The largest absolute Gasteiger partial charge is 0.481 e. The number of likely N-dealkylation sites (tertiary alicyclic amines) is 1. The number of rotatable bonds is 7. The van der Waals surface area contributed by atoms with Crippen molar-refractivity contribution in [2.75, 3.05) is 18.4 Å². The number of benzene rings is 1. The molecule has 1 aliphatic heterocycles. The van der Waals surface area contributed by atoms with Crippen LogP contribution in [-0.4, -0.2) is 47.2 Å². The maximum Gasteiger partial charge on any atom is 0.393 e. The summed E-state index contributed by atoms with van der Waals surface area (Å²) in [6, 6.07) is 3.28. The molecule has 1 fully saturated rings. The summed E-state index contributed by atoms with van der Waals surface area (Å²) >= 11 is 6.12. The van der Waals surface area contributed by atoms with E-state index >= 15 is 0 Å². The van der Waals surface area contributed by atoms with E-state index in [1.54, 1.807) is 11.0 Å². The molecule has 1 saturated heterocycles. The zero-order valence-corrected chi connectivity index (χ0v) is 17.2. The molecule has 0 radical (unpaired) electrons. The molecule has 0 unspecified atom stereocenters. The van der Waals surface area contributed by atoms with Crippen LogP contribution in [-0.2, 0) is 16.0 Å². The Kier molecular flexibility index (Phi) is 7.94. The molecular weight excluding hydrogens is 409 g/mol. The molecule has 0 aliphatic carbocycles. The van der Waals surface area contributed by atoms with Crippen molar-refractivity contribution in [3.05, 3.63) is 28.8 Å². The molecule has 9 heteroatoms. The maximum atomic E-state index is 13.5. The lowest BCUT2D eigenvalue weighted by Gasteiger charge is -2.39. The van der Waals surface area contributed by atoms with Gasteiger partial charge in [0.15, 0.2) is 0 Å². The van der Waals surface area contributed by atoms with Crippen molar-refractivity contribution in [2.45, 2.75) is 51.7 Å². The van der Waals surface area contributed by atoms with Crippen LogP contribution in [0, 0.1) is 11.8 Å². The number of carbonyl (C=O) groups is 2. The first kappa shape index (κ1) is 23.5. The van der Waals surface area contributed by atoms with Gasteiger partial charge in [0, 0.05) is 6.42 Å². The van der Waals surface area contributed by atoms with Crippen molar-refractivity contribution >= 4 is 29.2 Å². The second-order valence-corrected chi connectivity index (χ2v) is 8.10. The second kappa shape index (κ2) is 9.80. The summed E-state index contributed by atoms with van der Waals surface area (Å²) in [6.45, 7) is 3.91. The second-order valence-electron chi connectivity index (χ2n) is 7.69. The molecule has 1 heterocycles. The Morgan fingerprint density at radius 1 is 1.31 bits per heavy atom. The van der Waals surface area contributed by atoms with Crippen molar-refractivity contribution in [1.29, 1.82) is 0 Å². The Hall–Kier alpha value is -1.80. The molecule has 2 N–H and O–H groups in total. The van der Waals surface area contributed by atoms with Crippen molar-refractivity contribution < 1.29 is 27.9 Å². The molecule has 1 aliphatic rings. The Morgan fingerprint density at radius 3 is 2.48 bits per heavy atom. The van der Waals surface area contributed by atoms with Gasteiger partial charge in [0.1, 0.15) is 6.04 Å². The van der Waals surface area contributed by atoms with Crippen LogP contribution in [0.2, 0.25) is 5.02 Å². The smallest absolute Gasteiger partial charge is 0.393 e. The topological polar surface area (TPSA) is 69.6 Å². The molecule has 5 nitrogen and oxygen atoms in total. The van der Waals surface area contributed by atoms with Crippen molar-refractivity contribution in [3.8, 4) is 0 Å². The van der Waals surface area contributed by atoms with Crippen LogP contribution in [0.1, 0.15) is 38.7 Å². The van der Waals surface area contributed by atoms with Gasteiger partial charge < -0.3 is 10.4 Å². The van der Waals surface area contributed by atoms with Gasteiger partial charge in [-0.05, 0) is 56.0 Å². The standard InChI is InChI=1S/C20H26ClF3N2O3/c1-12-7-9-26(10-8-12)18(13(2)20(22,23)24)19(29)25-16-11-14(3-5-15(16)21)4-6-17(27)28/h3,5,11-13,18H,4,6-10H2,1-2H3,(H,25,29)(H,27,28)/t13-,18-/m0/s1. The average Bonchev–Trinajstić information content (AvgIpc) is 2.63. The summed E-state index contributed by atoms with van der Waals surface area (Å²) in [7, 11) is 0. The van der Waals surface area contributed by atoms with Crippen LogP contribution in [0.25, 0.3) is 0 Å². The quantitative estimate of drug-likeness (QED) is 0.658. The molecular formula is C20H26ClF3N2O3. The summed E-state index contributed by atoms with van der Waals surface area (Å²) in [4.78, 5) is 25.2. The van der Waals surface area contributed by atoms with Crippen LogP contribution in [0.15, 0.2) is 18.2 Å². The van der Waals surface area contributed by atoms with Crippen LogP contribution in [0.3, 0.4) is 0 Å². The van der Waals surface area contributed by atoms with Crippen LogP contribution < -0.4 is 5.32 Å². The van der Waals surface area contributed by atoms with E-state index in [4.69, 9.17) is 16.7 Å². The molecule has 1 aromatic rings. The predicted octanol–water partition coefficient (Wildman–Crippen LogP) is 4.59. The predicted molar refractivity (Wildman–Crippen MR) is 105 cm³/mol. The number of carbonyl (C=O) groups excluding carboxylic acids is 1. The van der Waals surface area contributed by atoms with E-state index in [-0.39, 0.29) is 23.6 Å².